The van der Waals surface area contributed by atoms with E-state index in [1.54, 1.807) is 12.1 Å². The number of rotatable bonds is 10. The fraction of sp³-hybridized carbons (Fsp3) is 0.500. The summed E-state index contributed by atoms with van der Waals surface area (Å²) in [6.45, 7) is 7.00. The first-order valence-corrected chi connectivity index (χ1v) is 8.77. The lowest BCUT2D eigenvalue weighted by molar-refractivity contribution is 0.00524. The summed E-state index contributed by atoms with van der Waals surface area (Å²) in [5.74, 6) is 0.214. The molecule has 0 fully saturated rings. The molecule has 1 N–H and O–H groups in total. The highest BCUT2D eigenvalue weighted by Gasteiger charge is 2.15. The zero-order valence-corrected chi connectivity index (χ0v) is 15.4. The molecule has 25 heavy (non-hydrogen) atoms. The van der Waals surface area contributed by atoms with Crippen LogP contribution >= 0.6 is 0 Å². The van der Waals surface area contributed by atoms with Crippen LogP contribution in [0.1, 0.15) is 25.1 Å². The fourth-order valence-corrected chi connectivity index (χ4v) is 2.71. The normalized spacial score (nSPS) is 12.9. The Labute approximate surface area is 149 Å². The summed E-state index contributed by atoms with van der Waals surface area (Å²) >= 11 is 0. The van der Waals surface area contributed by atoms with E-state index in [-0.39, 0.29) is 5.82 Å². The molecule has 4 nitrogen and oxygen atoms in total. The molecule has 0 bridgehead atoms. The van der Waals surface area contributed by atoms with Crippen molar-refractivity contribution in [1.29, 1.82) is 0 Å². The second-order valence-electron chi connectivity index (χ2n) is 6.99. The Balaban J connectivity index is 1.98. The van der Waals surface area contributed by atoms with Crippen molar-refractivity contribution in [3.63, 3.8) is 0 Å². The Kier molecular flexibility index (Phi) is 7.62. The zero-order valence-electron chi connectivity index (χ0n) is 15.4. The first kappa shape index (κ1) is 19.6. The van der Waals surface area contributed by atoms with Gasteiger partial charge in [-0.25, -0.2) is 4.39 Å². The Morgan fingerprint density at radius 1 is 1.12 bits per heavy atom. The van der Waals surface area contributed by atoms with Crippen molar-refractivity contribution in [2.75, 3.05) is 19.8 Å². The lowest BCUT2D eigenvalue weighted by Crippen LogP contribution is -2.35. The van der Waals surface area contributed by atoms with E-state index in [4.69, 9.17) is 4.74 Å². The van der Waals surface area contributed by atoms with Crippen LogP contribution in [0.15, 0.2) is 42.6 Å². The van der Waals surface area contributed by atoms with Crippen molar-refractivity contribution in [1.82, 2.24) is 9.47 Å². The highest BCUT2D eigenvalue weighted by Crippen LogP contribution is 2.12. The van der Waals surface area contributed by atoms with Crippen LogP contribution in [0.5, 0.6) is 0 Å². The summed E-state index contributed by atoms with van der Waals surface area (Å²) in [5, 5.41) is 10.3. The first-order chi connectivity index (χ1) is 11.9. The summed E-state index contributed by atoms with van der Waals surface area (Å²) in [6.07, 6.45) is 1.45. The first-order valence-electron chi connectivity index (χ1n) is 8.77. The van der Waals surface area contributed by atoms with Crippen molar-refractivity contribution in [2.45, 2.75) is 33.0 Å². The fourth-order valence-electron chi connectivity index (χ4n) is 2.71. The molecule has 138 valence electrons. The molecule has 0 saturated carbocycles. The molecular formula is C20H29FN2O2. The van der Waals surface area contributed by atoms with Gasteiger partial charge in [0.05, 0.1) is 12.7 Å². The van der Waals surface area contributed by atoms with E-state index in [1.807, 2.05) is 19.3 Å². The summed E-state index contributed by atoms with van der Waals surface area (Å²) in [4.78, 5) is 2.16. The molecule has 2 rings (SSSR count). The smallest absolute Gasteiger partial charge is 0.123 e. The molecule has 0 aliphatic heterocycles. The molecule has 1 atom stereocenters. The maximum absolute atomic E-state index is 13.1. The summed E-state index contributed by atoms with van der Waals surface area (Å²) < 4.78 is 20.7. The van der Waals surface area contributed by atoms with Crippen molar-refractivity contribution in [2.24, 2.45) is 13.0 Å². The van der Waals surface area contributed by atoms with Gasteiger partial charge < -0.3 is 14.4 Å². The molecular weight excluding hydrogens is 319 g/mol. The van der Waals surface area contributed by atoms with Gasteiger partial charge in [-0.1, -0.05) is 26.0 Å². The van der Waals surface area contributed by atoms with E-state index in [1.165, 1.54) is 12.1 Å². The van der Waals surface area contributed by atoms with Crippen LogP contribution in [0.25, 0.3) is 0 Å². The minimum absolute atomic E-state index is 0.236. The van der Waals surface area contributed by atoms with Gasteiger partial charge in [0, 0.05) is 45.2 Å². The van der Waals surface area contributed by atoms with Gasteiger partial charge in [-0.2, -0.15) is 0 Å². The molecule has 0 radical (unpaired) electrons. The van der Waals surface area contributed by atoms with E-state index < -0.39 is 6.10 Å². The van der Waals surface area contributed by atoms with E-state index in [9.17, 15) is 9.50 Å². The number of benzene rings is 1. The number of aryl methyl sites for hydroxylation is 1. The lowest BCUT2D eigenvalue weighted by Gasteiger charge is -2.25. The SMILES string of the molecule is CC(C)COCC(O)CN(Cc1ccc(F)cc1)Cc1cccn1C. The van der Waals surface area contributed by atoms with Crippen molar-refractivity contribution < 1.29 is 14.2 Å². The van der Waals surface area contributed by atoms with Crippen molar-refractivity contribution >= 4 is 0 Å². The minimum atomic E-state index is -0.556. The topological polar surface area (TPSA) is 37.6 Å². The Morgan fingerprint density at radius 3 is 2.44 bits per heavy atom. The third-order valence-corrected chi connectivity index (χ3v) is 3.99. The minimum Gasteiger partial charge on any atom is -0.389 e. The number of aromatic nitrogens is 1. The molecule has 0 aliphatic rings. The number of nitrogens with zero attached hydrogens (tertiary/aromatic N) is 2. The molecule has 1 heterocycles. The number of aliphatic hydroxyl groups is 1. The Hall–Kier alpha value is -1.69. The monoisotopic (exact) mass is 348 g/mol. The lowest BCUT2D eigenvalue weighted by atomic mass is 10.2. The zero-order chi connectivity index (χ0) is 18.2. The van der Waals surface area contributed by atoms with Crippen molar-refractivity contribution in [3.8, 4) is 0 Å². The Morgan fingerprint density at radius 2 is 1.84 bits per heavy atom. The third kappa shape index (κ3) is 6.98. The molecule has 0 aliphatic carbocycles. The van der Waals surface area contributed by atoms with Gasteiger partial charge in [-0.05, 0) is 35.7 Å². The third-order valence-electron chi connectivity index (χ3n) is 3.99. The number of hydrogen-bond donors (Lipinski definition) is 1. The van der Waals surface area contributed by atoms with E-state index in [0.717, 1.165) is 11.3 Å². The van der Waals surface area contributed by atoms with Crippen LogP contribution in [0.4, 0.5) is 4.39 Å². The van der Waals surface area contributed by atoms with Gasteiger partial charge in [0.25, 0.3) is 0 Å². The number of hydrogen-bond acceptors (Lipinski definition) is 3. The van der Waals surface area contributed by atoms with Gasteiger partial charge in [-0.15, -0.1) is 0 Å². The van der Waals surface area contributed by atoms with Gasteiger partial charge in [0.1, 0.15) is 5.82 Å². The molecule has 5 heteroatoms. The average Bonchev–Trinajstić information content (AvgIpc) is 2.94. The molecule has 1 aromatic heterocycles. The molecule has 0 saturated heterocycles. The average molecular weight is 348 g/mol. The molecule has 2 aromatic rings. The van der Waals surface area contributed by atoms with Crippen molar-refractivity contribution in [3.05, 3.63) is 59.7 Å². The highest BCUT2D eigenvalue weighted by molar-refractivity contribution is 5.16. The van der Waals surface area contributed by atoms with Crippen LogP contribution < -0.4 is 0 Å². The predicted octanol–water partition coefficient (Wildman–Crippen LogP) is 3.20. The van der Waals surface area contributed by atoms with Crippen LogP contribution in [-0.4, -0.2) is 40.4 Å². The molecule has 1 unspecified atom stereocenters. The maximum Gasteiger partial charge on any atom is 0.123 e. The Bertz CT molecular complexity index is 625. The van der Waals surface area contributed by atoms with Crippen LogP contribution in [-0.2, 0) is 24.9 Å². The van der Waals surface area contributed by atoms with E-state index in [2.05, 4.69) is 29.4 Å². The van der Waals surface area contributed by atoms with Gasteiger partial charge in [0.15, 0.2) is 0 Å². The summed E-state index contributed by atoms with van der Waals surface area (Å²) in [7, 11) is 2.01. The summed E-state index contributed by atoms with van der Waals surface area (Å²) in [5.41, 5.74) is 2.18. The maximum atomic E-state index is 13.1. The molecule has 0 spiro atoms. The molecule has 1 aromatic carbocycles. The van der Waals surface area contributed by atoms with Crippen LogP contribution in [0.3, 0.4) is 0 Å². The summed E-state index contributed by atoms with van der Waals surface area (Å²) in [6, 6.07) is 10.6. The van der Waals surface area contributed by atoms with E-state index >= 15 is 0 Å². The predicted molar refractivity (Wildman–Crippen MR) is 97.6 cm³/mol. The van der Waals surface area contributed by atoms with Crippen LogP contribution in [0, 0.1) is 11.7 Å². The van der Waals surface area contributed by atoms with Crippen LogP contribution in [0.2, 0.25) is 0 Å². The standard InChI is InChI=1S/C20H29FN2O2/c1-16(2)14-25-15-20(24)13-23(12-19-5-4-10-22(19)3)11-17-6-8-18(21)9-7-17/h4-10,16,20,24H,11-15H2,1-3H3. The van der Waals surface area contributed by atoms with E-state index in [0.29, 0.717) is 38.8 Å². The van der Waals surface area contributed by atoms with Gasteiger partial charge in [0.2, 0.25) is 0 Å². The second kappa shape index (κ2) is 9.70. The second-order valence-corrected chi connectivity index (χ2v) is 6.99. The highest BCUT2D eigenvalue weighted by atomic mass is 19.1. The largest absolute Gasteiger partial charge is 0.389 e. The quantitative estimate of drug-likeness (QED) is 0.716. The number of aliphatic hydroxyl groups excluding tert-OH is 1. The molecule has 0 amide bonds. The van der Waals surface area contributed by atoms with Gasteiger partial charge >= 0.3 is 0 Å². The number of halogens is 1. The van der Waals surface area contributed by atoms with Gasteiger partial charge in [-0.3, -0.25) is 4.90 Å². The number of ether oxygens (including phenoxy) is 1.